The Morgan fingerprint density at radius 3 is 2.50 bits per heavy atom. The highest BCUT2D eigenvalue weighted by molar-refractivity contribution is 7.89. The Labute approximate surface area is 178 Å². The number of sulfonamides is 1. The fraction of sp³-hybridized carbons (Fsp3) is 0.619. The fourth-order valence-corrected chi connectivity index (χ4v) is 6.30. The maximum Gasteiger partial charge on any atom is 0.245 e. The van der Waals surface area contributed by atoms with E-state index in [0.29, 0.717) is 25.1 Å². The number of likely N-dealkylation sites (tertiary alicyclic amines) is 2. The summed E-state index contributed by atoms with van der Waals surface area (Å²) in [5.41, 5.74) is -0.381. The van der Waals surface area contributed by atoms with Crippen LogP contribution < -0.4 is 10.0 Å². The highest BCUT2D eigenvalue weighted by atomic mass is 32.2. The molecule has 0 aromatic heterocycles. The largest absolute Gasteiger partial charge is 0.365 e. The molecule has 0 saturated carbocycles. The molecule has 2 amide bonds. The molecular formula is C21H30N4O4S. The molecule has 3 heterocycles. The average Bonchev–Trinajstić information content (AvgIpc) is 3.07. The SMILES string of the molecule is CC(C(=O)N1CCCCCC1)N1CCC2(CCC1=O)Nc1ccccc1S(=O)(=O)N2. The predicted octanol–water partition coefficient (Wildman–Crippen LogP) is 1.89. The van der Waals surface area contributed by atoms with Crippen LogP contribution in [0.3, 0.4) is 0 Å². The van der Waals surface area contributed by atoms with Crippen molar-refractivity contribution in [3.63, 3.8) is 0 Å². The van der Waals surface area contributed by atoms with Crippen LogP contribution in [-0.4, -0.2) is 61.4 Å². The zero-order valence-electron chi connectivity index (χ0n) is 17.4. The monoisotopic (exact) mass is 434 g/mol. The van der Waals surface area contributed by atoms with Crippen molar-refractivity contribution >= 4 is 27.5 Å². The Morgan fingerprint density at radius 1 is 1.07 bits per heavy atom. The van der Waals surface area contributed by atoms with Gasteiger partial charge >= 0.3 is 0 Å². The van der Waals surface area contributed by atoms with Gasteiger partial charge in [-0.1, -0.05) is 25.0 Å². The Kier molecular flexibility index (Phi) is 5.76. The summed E-state index contributed by atoms with van der Waals surface area (Å²) in [4.78, 5) is 29.7. The van der Waals surface area contributed by atoms with Gasteiger partial charge in [-0.3, -0.25) is 9.59 Å². The van der Waals surface area contributed by atoms with E-state index in [2.05, 4.69) is 10.0 Å². The quantitative estimate of drug-likeness (QED) is 0.741. The molecule has 2 atom stereocenters. The molecule has 0 aliphatic carbocycles. The molecule has 4 rings (SSSR count). The second-order valence-electron chi connectivity index (χ2n) is 8.56. The van der Waals surface area contributed by atoms with Crippen LogP contribution >= 0.6 is 0 Å². The first-order valence-electron chi connectivity index (χ1n) is 10.8. The van der Waals surface area contributed by atoms with Gasteiger partial charge in [-0.25, -0.2) is 8.42 Å². The lowest BCUT2D eigenvalue weighted by molar-refractivity contribution is -0.144. The lowest BCUT2D eigenvalue weighted by atomic mass is 10.0. The Hall–Kier alpha value is -2.13. The summed E-state index contributed by atoms with van der Waals surface area (Å²) in [5, 5.41) is 3.32. The van der Waals surface area contributed by atoms with Crippen LogP contribution in [0.25, 0.3) is 0 Å². The molecule has 3 aliphatic heterocycles. The van der Waals surface area contributed by atoms with E-state index >= 15 is 0 Å². The molecule has 2 N–H and O–H groups in total. The number of benzene rings is 1. The zero-order chi connectivity index (χ0) is 21.4. The maximum absolute atomic E-state index is 13.0. The van der Waals surface area contributed by atoms with Crippen molar-refractivity contribution < 1.29 is 18.0 Å². The molecule has 1 aromatic rings. The lowest BCUT2D eigenvalue weighted by Crippen LogP contribution is -2.57. The summed E-state index contributed by atoms with van der Waals surface area (Å²) in [7, 11) is -3.68. The zero-order valence-corrected chi connectivity index (χ0v) is 18.2. The van der Waals surface area contributed by atoms with E-state index in [1.165, 1.54) is 0 Å². The smallest absolute Gasteiger partial charge is 0.245 e. The number of nitrogens with zero attached hydrogens (tertiary/aromatic N) is 2. The van der Waals surface area contributed by atoms with E-state index < -0.39 is 21.7 Å². The van der Waals surface area contributed by atoms with Crippen molar-refractivity contribution in [3.8, 4) is 0 Å². The highest BCUT2D eigenvalue weighted by Crippen LogP contribution is 2.35. The number of hydrogen-bond acceptors (Lipinski definition) is 5. The average molecular weight is 435 g/mol. The molecule has 2 fully saturated rings. The number of anilines is 1. The van der Waals surface area contributed by atoms with Crippen molar-refractivity contribution in [3.05, 3.63) is 24.3 Å². The summed E-state index contributed by atoms with van der Waals surface area (Å²) >= 11 is 0. The minimum absolute atomic E-state index is 0.0104. The van der Waals surface area contributed by atoms with Crippen molar-refractivity contribution in [1.82, 2.24) is 14.5 Å². The van der Waals surface area contributed by atoms with Crippen molar-refractivity contribution in [2.75, 3.05) is 25.0 Å². The van der Waals surface area contributed by atoms with Crippen molar-refractivity contribution in [2.24, 2.45) is 0 Å². The van der Waals surface area contributed by atoms with E-state index in [9.17, 15) is 18.0 Å². The summed E-state index contributed by atoms with van der Waals surface area (Å²) in [6.07, 6.45) is 5.17. The molecule has 9 heteroatoms. The van der Waals surface area contributed by atoms with E-state index in [1.54, 1.807) is 36.1 Å². The third-order valence-electron chi connectivity index (χ3n) is 6.49. The first kappa shape index (κ1) is 21.1. The molecule has 2 saturated heterocycles. The molecule has 0 bridgehead atoms. The van der Waals surface area contributed by atoms with E-state index in [-0.39, 0.29) is 23.1 Å². The molecular weight excluding hydrogens is 404 g/mol. The van der Waals surface area contributed by atoms with Gasteiger partial charge in [0, 0.05) is 32.5 Å². The molecule has 1 spiro atoms. The van der Waals surface area contributed by atoms with Gasteiger partial charge in [0.15, 0.2) is 0 Å². The number of para-hydroxylation sites is 1. The van der Waals surface area contributed by atoms with Crippen LogP contribution in [0, 0.1) is 0 Å². The van der Waals surface area contributed by atoms with Crippen molar-refractivity contribution in [1.29, 1.82) is 0 Å². The minimum atomic E-state index is -3.68. The Balaban J connectivity index is 1.51. The van der Waals surface area contributed by atoms with E-state index in [1.807, 2.05) is 4.90 Å². The number of fused-ring (bicyclic) bond motifs is 1. The molecule has 0 radical (unpaired) electrons. The van der Waals surface area contributed by atoms with Gasteiger partial charge in [0.05, 0.1) is 5.69 Å². The number of amides is 2. The fourth-order valence-electron chi connectivity index (χ4n) is 4.75. The van der Waals surface area contributed by atoms with Gasteiger partial charge in [-0.05, 0) is 38.3 Å². The van der Waals surface area contributed by atoms with Crippen LogP contribution in [0.2, 0.25) is 0 Å². The third-order valence-corrected chi connectivity index (χ3v) is 8.08. The van der Waals surface area contributed by atoms with Gasteiger partial charge in [-0.15, -0.1) is 0 Å². The molecule has 30 heavy (non-hydrogen) atoms. The van der Waals surface area contributed by atoms with Crippen LogP contribution in [0.4, 0.5) is 5.69 Å². The van der Waals surface area contributed by atoms with Crippen LogP contribution in [-0.2, 0) is 19.6 Å². The molecule has 1 aromatic carbocycles. The molecule has 2 unspecified atom stereocenters. The molecule has 164 valence electrons. The number of hydrogen-bond donors (Lipinski definition) is 2. The lowest BCUT2D eigenvalue weighted by Gasteiger charge is -2.39. The second kappa shape index (κ2) is 8.19. The normalized spacial score (nSPS) is 27.6. The topological polar surface area (TPSA) is 98.8 Å². The van der Waals surface area contributed by atoms with Crippen LogP contribution in [0.1, 0.15) is 51.9 Å². The van der Waals surface area contributed by atoms with E-state index in [4.69, 9.17) is 0 Å². The van der Waals surface area contributed by atoms with Crippen LogP contribution in [0.15, 0.2) is 29.2 Å². The summed E-state index contributed by atoms with van der Waals surface area (Å²) in [5.74, 6) is -0.119. The standard InChI is InChI=1S/C21H30N4O4S/c1-16(20(27)24-13-6-2-3-7-14-24)25-15-12-21(11-10-19(25)26)22-17-8-4-5-9-18(17)30(28,29)23-21/h4-5,8-9,16,22-23H,2-3,6-7,10-15H2,1H3. The predicted molar refractivity (Wildman–Crippen MR) is 113 cm³/mol. The molecule has 8 nitrogen and oxygen atoms in total. The van der Waals surface area contributed by atoms with Gasteiger partial charge in [-0.2, -0.15) is 4.72 Å². The Morgan fingerprint density at radius 2 is 1.77 bits per heavy atom. The summed E-state index contributed by atoms with van der Waals surface area (Å²) in [6, 6.07) is 6.24. The van der Waals surface area contributed by atoms with E-state index in [0.717, 1.165) is 38.8 Å². The number of nitrogens with one attached hydrogen (secondary N) is 2. The third kappa shape index (κ3) is 4.05. The van der Waals surface area contributed by atoms with Crippen molar-refractivity contribution in [2.45, 2.75) is 68.5 Å². The van der Waals surface area contributed by atoms with Gasteiger partial charge in [0.1, 0.15) is 16.6 Å². The summed E-state index contributed by atoms with van der Waals surface area (Å²) in [6.45, 7) is 3.59. The molecule has 3 aliphatic rings. The summed E-state index contributed by atoms with van der Waals surface area (Å²) < 4.78 is 28.4. The number of carbonyl (C=O) groups is 2. The number of rotatable bonds is 2. The van der Waals surface area contributed by atoms with Gasteiger partial charge in [0.25, 0.3) is 0 Å². The highest BCUT2D eigenvalue weighted by Gasteiger charge is 2.44. The van der Waals surface area contributed by atoms with Gasteiger partial charge < -0.3 is 15.1 Å². The maximum atomic E-state index is 13.0. The second-order valence-corrected chi connectivity index (χ2v) is 10.2. The van der Waals surface area contributed by atoms with Crippen LogP contribution in [0.5, 0.6) is 0 Å². The Bertz CT molecular complexity index is 927. The van der Waals surface area contributed by atoms with Gasteiger partial charge in [0.2, 0.25) is 21.8 Å². The number of carbonyl (C=O) groups excluding carboxylic acids is 2. The minimum Gasteiger partial charge on any atom is -0.365 e. The first-order chi connectivity index (χ1) is 14.3. The first-order valence-corrected chi connectivity index (χ1v) is 12.3.